The van der Waals surface area contributed by atoms with Crippen molar-refractivity contribution in [2.45, 2.75) is 64.5 Å². The third-order valence-corrected chi connectivity index (χ3v) is 4.37. The van der Waals surface area contributed by atoms with E-state index in [1.807, 2.05) is 6.07 Å². The van der Waals surface area contributed by atoms with E-state index < -0.39 is 0 Å². The van der Waals surface area contributed by atoms with Gasteiger partial charge in [0.15, 0.2) is 0 Å². The van der Waals surface area contributed by atoms with Crippen molar-refractivity contribution in [2.24, 2.45) is 11.7 Å². The second kappa shape index (κ2) is 5.96. The summed E-state index contributed by atoms with van der Waals surface area (Å²) in [6, 6.07) is 8.34. The number of rotatable bonds is 4. The van der Waals surface area contributed by atoms with E-state index in [-0.39, 0.29) is 11.6 Å². The van der Waals surface area contributed by atoms with Crippen LogP contribution in [-0.4, -0.2) is 6.10 Å². The van der Waals surface area contributed by atoms with Crippen molar-refractivity contribution in [2.75, 3.05) is 0 Å². The Morgan fingerprint density at radius 1 is 1.32 bits per heavy atom. The molecule has 2 unspecified atom stereocenters. The Bertz CT molecular complexity index is 415. The SMILES string of the molecule is CCC1CCCCC1(N)c1ccccc1OC(C)C. The van der Waals surface area contributed by atoms with Gasteiger partial charge in [0, 0.05) is 11.1 Å². The van der Waals surface area contributed by atoms with Crippen LogP contribution in [0, 0.1) is 5.92 Å². The minimum atomic E-state index is -0.210. The van der Waals surface area contributed by atoms with Crippen LogP contribution in [0.2, 0.25) is 0 Å². The summed E-state index contributed by atoms with van der Waals surface area (Å²) in [6.07, 6.45) is 6.18. The fourth-order valence-corrected chi connectivity index (χ4v) is 3.40. The standard InChI is InChI=1S/C17H27NO/c1-4-14-9-7-8-12-17(14,18)15-10-5-6-11-16(15)19-13(2)3/h5-6,10-11,13-14H,4,7-9,12,18H2,1-3H3. The van der Waals surface area contributed by atoms with E-state index in [2.05, 4.69) is 39.0 Å². The number of hydrogen-bond donors (Lipinski definition) is 1. The van der Waals surface area contributed by atoms with Crippen LogP contribution in [0.1, 0.15) is 58.4 Å². The topological polar surface area (TPSA) is 35.2 Å². The van der Waals surface area contributed by atoms with Crippen molar-refractivity contribution in [1.82, 2.24) is 0 Å². The monoisotopic (exact) mass is 261 g/mol. The lowest BCUT2D eigenvalue weighted by molar-refractivity contribution is 0.170. The first-order chi connectivity index (χ1) is 9.08. The van der Waals surface area contributed by atoms with Crippen LogP contribution in [0.3, 0.4) is 0 Å². The summed E-state index contributed by atoms with van der Waals surface area (Å²) in [5.74, 6) is 1.54. The molecular formula is C17H27NO. The predicted molar refractivity (Wildman–Crippen MR) is 80.3 cm³/mol. The molecule has 0 aliphatic heterocycles. The molecule has 0 radical (unpaired) electrons. The molecule has 1 aliphatic carbocycles. The van der Waals surface area contributed by atoms with Gasteiger partial charge in [0.2, 0.25) is 0 Å². The van der Waals surface area contributed by atoms with Gasteiger partial charge >= 0.3 is 0 Å². The Kier molecular flexibility index (Phi) is 4.51. The van der Waals surface area contributed by atoms with E-state index in [0.29, 0.717) is 5.92 Å². The first kappa shape index (κ1) is 14.4. The molecule has 1 saturated carbocycles. The Labute approximate surface area is 117 Å². The third kappa shape index (κ3) is 2.94. The maximum Gasteiger partial charge on any atom is 0.124 e. The molecular weight excluding hydrogens is 234 g/mol. The molecule has 0 bridgehead atoms. The van der Waals surface area contributed by atoms with Gasteiger partial charge in [0.05, 0.1) is 6.10 Å². The van der Waals surface area contributed by atoms with Crippen LogP contribution < -0.4 is 10.5 Å². The molecule has 0 heterocycles. The minimum absolute atomic E-state index is 0.188. The van der Waals surface area contributed by atoms with E-state index in [4.69, 9.17) is 10.5 Å². The highest BCUT2D eigenvalue weighted by molar-refractivity contribution is 5.40. The molecule has 19 heavy (non-hydrogen) atoms. The van der Waals surface area contributed by atoms with E-state index in [0.717, 1.165) is 18.6 Å². The zero-order valence-electron chi connectivity index (χ0n) is 12.5. The molecule has 0 spiro atoms. The molecule has 0 aromatic heterocycles. The van der Waals surface area contributed by atoms with E-state index in [9.17, 15) is 0 Å². The van der Waals surface area contributed by atoms with Crippen LogP contribution in [0.5, 0.6) is 5.75 Å². The minimum Gasteiger partial charge on any atom is -0.491 e. The molecule has 2 nitrogen and oxygen atoms in total. The molecule has 1 aromatic rings. The molecule has 0 saturated heterocycles. The lowest BCUT2D eigenvalue weighted by atomic mass is 9.68. The summed E-state index contributed by atoms with van der Waals surface area (Å²) in [4.78, 5) is 0. The first-order valence-corrected chi connectivity index (χ1v) is 7.63. The van der Waals surface area contributed by atoms with Gasteiger partial charge < -0.3 is 10.5 Å². The van der Waals surface area contributed by atoms with Gasteiger partial charge in [-0.2, -0.15) is 0 Å². The third-order valence-electron chi connectivity index (χ3n) is 4.37. The number of ether oxygens (including phenoxy) is 1. The molecule has 2 atom stereocenters. The summed E-state index contributed by atoms with van der Waals surface area (Å²) in [7, 11) is 0. The summed E-state index contributed by atoms with van der Waals surface area (Å²) in [5.41, 5.74) is 7.83. The highest BCUT2D eigenvalue weighted by atomic mass is 16.5. The van der Waals surface area contributed by atoms with Crippen molar-refractivity contribution in [3.8, 4) is 5.75 Å². The van der Waals surface area contributed by atoms with E-state index >= 15 is 0 Å². The van der Waals surface area contributed by atoms with Crippen LogP contribution in [0.25, 0.3) is 0 Å². The normalized spacial score (nSPS) is 27.5. The van der Waals surface area contributed by atoms with Crippen LogP contribution in [0.15, 0.2) is 24.3 Å². The Morgan fingerprint density at radius 3 is 2.74 bits per heavy atom. The largest absolute Gasteiger partial charge is 0.491 e. The van der Waals surface area contributed by atoms with Gasteiger partial charge in [-0.15, -0.1) is 0 Å². The average molecular weight is 261 g/mol. The smallest absolute Gasteiger partial charge is 0.124 e. The molecule has 1 aromatic carbocycles. The fourth-order valence-electron chi connectivity index (χ4n) is 3.40. The van der Waals surface area contributed by atoms with Crippen molar-refractivity contribution < 1.29 is 4.74 Å². The first-order valence-electron chi connectivity index (χ1n) is 7.63. The Hall–Kier alpha value is -1.02. The fraction of sp³-hybridized carbons (Fsp3) is 0.647. The number of nitrogens with two attached hydrogens (primary N) is 1. The Balaban J connectivity index is 2.38. The predicted octanol–water partition coefficient (Wildman–Crippen LogP) is 4.23. The zero-order chi connectivity index (χ0) is 13.9. The van der Waals surface area contributed by atoms with Crippen LogP contribution >= 0.6 is 0 Å². The van der Waals surface area contributed by atoms with Gasteiger partial charge in [-0.1, -0.05) is 44.4 Å². The number of benzene rings is 1. The second-order valence-electron chi connectivity index (χ2n) is 6.05. The molecule has 1 aliphatic rings. The second-order valence-corrected chi connectivity index (χ2v) is 6.05. The lowest BCUT2D eigenvalue weighted by Gasteiger charge is -2.42. The van der Waals surface area contributed by atoms with Gasteiger partial charge in [-0.05, 0) is 38.7 Å². The van der Waals surface area contributed by atoms with Crippen LogP contribution in [-0.2, 0) is 5.54 Å². The summed E-state index contributed by atoms with van der Waals surface area (Å²) in [5, 5.41) is 0. The molecule has 106 valence electrons. The van der Waals surface area contributed by atoms with E-state index in [1.54, 1.807) is 0 Å². The molecule has 2 rings (SSSR count). The average Bonchev–Trinajstić information content (AvgIpc) is 2.39. The Morgan fingerprint density at radius 2 is 2.05 bits per heavy atom. The van der Waals surface area contributed by atoms with E-state index in [1.165, 1.54) is 24.8 Å². The van der Waals surface area contributed by atoms with Crippen molar-refractivity contribution in [3.05, 3.63) is 29.8 Å². The van der Waals surface area contributed by atoms with Gasteiger partial charge in [0.25, 0.3) is 0 Å². The lowest BCUT2D eigenvalue weighted by Crippen LogP contribution is -2.46. The van der Waals surface area contributed by atoms with Gasteiger partial charge in [0.1, 0.15) is 5.75 Å². The quantitative estimate of drug-likeness (QED) is 0.880. The van der Waals surface area contributed by atoms with Crippen LogP contribution in [0.4, 0.5) is 0 Å². The maximum absolute atomic E-state index is 6.83. The molecule has 1 fully saturated rings. The maximum atomic E-state index is 6.83. The summed E-state index contributed by atoms with van der Waals surface area (Å²) in [6.45, 7) is 6.39. The molecule has 2 heteroatoms. The van der Waals surface area contributed by atoms with Crippen molar-refractivity contribution in [3.63, 3.8) is 0 Å². The molecule has 0 amide bonds. The summed E-state index contributed by atoms with van der Waals surface area (Å²) < 4.78 is 5.98. The number of para-hydroxylation sites is 1. The molecule has 2 N–H and O–H groups in total. The number of hydrogen-bond acceptors (Lipinski definition) is 2. The zero-order valence-corrected chi connectivity index (χ0v) is 12.5. The van der Waals surface area contributed by atoms with Gasteiger partial charge in [-0.25, -0.2) is 0 Å². The van der Waals surface area contributed by atoms with Crippen molar-refractivity contribution in [1.29, 1.82) is 0 Å². The van der Waals surface area contributed by atoms with Crippen molar-refractivity contribution >= 4 is 0 Å². The highest BCUT2D eigenvalue weighted by Gasteiger charge is 2.39. The van der Waals surface area contributed by atoms with Gasteiger partial charge in [-0.3, -0.25) is 0 Å². The summed E-state index contributed by atoms with van der Waals surface area (Å²) >= 11 is 0. The highest BCUT2D eigenvalue weighted by Crippen LogP contribution is 2.44.